The third kappa shape index (κ3) is 4.27. The zero-order chi connectivity index (χ0) is 22.2. The van der Waals surface area contributed by atoms with E-state index in [-0.39, 0.29) is 17.9 Å². The molecule has 9 heteroatoms. The largest absolute Gasteiger partial charge is 0.352 e. The summed E-state index contributed by atoms with van der Waals surface area (Å²) in [6, 6.07) is 6.44. The minimum absolute atomic E-state index is 0.000550. The highest BCUT2D eigenvalue weighted by molar-refractivity contribution is 7.13. The Morgan fingerprint density at radius 1 is 1.22 bits per heavy atom. The van der Waals surface area contributed by atoms with Gasteiger partial charge in [0.25, 0.3) is 5.91 Å². The fourth-order valence-corrected chi connectivity index (χ4v) is 4.79. The lowest BCUT2D eigenvalue weighted by atomic mass is 10.1. The van der Waals surface area contributed by atoms with Crippen LogP contribution in [0.3, 0.4) is 0 Å². The summed E-state index contributed by atoms with van der Waals surface area (Å²) < 4.78 is 1.87. The van der Waals surface area contributed by atoms with Crippen LogP contribution in [0.25, 0.3) is 21.6 Å². The van der Waals surface area contributed by atoms with E-state index in [0.29, 0.717) is 44.3 Å². The van der Waals surface area contributed by atoms with Crippen molar-refractivity contribution in [3.05, 3.63) is 35.3 Å². The lowest BCUT2D eigenvalue weighted by molar-refractivity contribution is -0.122. The Bertz CT molecular complexity index is 1130. The molecule has 0 radical (unpaired) electrons. The summed E-state index contributed by atoms with van der Waals surface area (Å²) in [7, 11) is 0. The summed E-state index contributed by atoms with van der Waals surface area (Å²) >= 11 is 1.61. The molecule has 1 aliphatic carbocycles. The first-order valence-electron chi connectivity index (χ1n) is 11.2. The van der Waals surface area contributed by atoms with Gasteiger partial charge in [-0.1, -0.05) is 6.07 Å². The summed E-state index contributed by atoms with van der Waals surface area (Å²) in [5.74, 6) is 0.0883. The first kappa shape index (κ1) is 21.1. The molecule has 1 saturated carbocycles. The number of nitrogens with zero attached hydrogens (tertiary/aromatic N) is 5. The van der Waals surface area contributed by atoms with Gasteiger partial charge in [0.1, 0.15) is 0 Å². The molecule has 2 aliphatic rings. The molecule has 168 valence electrons. The topological polar surface area (TPSA) is 83.4 Å². The Labute approximate surface area is 191 Å². The van der Waals surface area contributed by atoms with Gasteiger partial charge in [-0.3, -0.25) is 14.5 Å². The normalized spacial score (nSPS) is 17.3. The van der Waals surface area contributed by atoms with Gasteiger partial charge in [0.15, 0.2) is 5.65 Å². The number of carbonyl (C=O) groups excluding carboxylic acids is 2. The number of fused-ring (bicyclic) bond motifs is 1. The number of aromatic nitrogens is 3. The van der Waals surface area contributed by atoms with Crippen LogP contribution in [0.15, 0.2) is 29.8 Å². The lowest BCUT2D eigenvalue weighted by Gasteiger charge is -2.34. The van der Waals surface area contributed by atoms with Gasteiger partial charge in [-0.2, -0.15) is 5.10 Å². The maximum absolute atomic E-state index is 13.6. The molecule has 0 unspecified atom stereocenters. The summed E-state index contributed by atoms with van der Waals surface area (Å²) in [4.78, 5) is 35.6. The molecule has 0 atom stereocenters. The Morgan fingerprint density at radius 2 is 2.00 bits per heavy atom. The maximum atomic E-state index is 13.6. The van der Waals surface area contributed by atoms with E-state index in [9.17, 15) is 9.59 Å². The molecule has 4 heterocycles. The Morgan fingerprint density at radius 3 is 2.66 bits per heavy atom. The Hall–Kier alpha value is -2.78. The summed E-state index contributed by atoms with van der Waals surface area (Å²) in [6.45, 7) is 7.12. The zero-order valence-corrected chi connectivity index (χ0v) is 19.3. The maximum Gasteiger partial charge on any atom is 0.254 e. The van der Waals surface area contributed by atoms with E-state index in [0.717, 1.165) is 34.4 Å². The molecule has 2 fully saturated rings. The second-order valence-corrected chi connectivity index (χ2v) is 9.81. The van der Waals surface area contributed by atoms with Crippen molar-refractivity contribution < 1.29 is 9.59 Å². The molecule has 0 aromatic carbocycles. The van der Waals surface area contributed by atoms with Crippen molar-refractivity contribution in [2.45, 2.75) is 38.8 Å². The highest BCUT2D eigenvalue weighted by atomic mass is 32.1. The fourth-order valence-electron chi connectivity index (χ4n) is 4.11. The number of rotatable bonds is 6. The van der Waals surface area contributed by atoms with Gasteiger partial charge in [-0.25, -0.2) is 9.67 Å². The second-order valence-electron chi connectivity index (χ2n) is 8.86. The van der Waals surface area contributed by atoms with Crippen LogP contribution in [0.1, 0.15) is 43.1 Å². The molecule has 2 amide bonds. The predicted molar refractivity (Wildman–Crippen MR) is 125 cm³/mol. The van der Waals surface area contributed by atoms with Gasteiger partial charge in [-0.15, -0.1) is 11.3 Å². The number of pyridine rings is 1. The number of piperazine rings is 1. The first-order valence-corrected chi connectivity index (χ1v) is 12.1. The third-order valence-electron chi connectivity index (χ3n) is 6.03. The van der Waals surface area contributed by atoms with Crippen LogP contribution in [0.5, 0.6) is 0 Å². The number of carbonyl (C=O) groups is 2. The molecule has 1 N–H and O–H groups in total. The van der Waals surface area contributed by atoms with Crippen molar-refractivity contribution >= 4 is 34.2 Å². The van der Waals surface area contributed by atoms with E-state index in [1.807, 2.05) is 33.2 Å². The van der Waals surface area contributed by atoms with Crippen molar-refractivity contribution in [2.75, 3.05) is 32.7 Å². The van der Waals surface area contributed by atoms with Gasteiger partial charge in [0, 0.05) is 38.3 Å². The molecule has 5 rings (SSSR count). The molecule has 32 heavy (non-hydrogen) atoms. The molecule has 0 bridgehead atoms. The van der Waals surface area contributed by atoms with Crippen LogP contribution in [0.2, 0.25) is 0 Å². The van der Waals surface area contributed by atoms with Crippen LogP contribution in [-0.2, 0) is 4.79 Å². The lowest BCUT2D eigenvalue weighted by Crippen LogP contribution is -2.51. The van der Waals surface area contributed by atoms with Crippen molar-refractivity contribution in [1.82, 2.24) is 29.9 Å². The first-order chi connectivity index (χ1) is 15.5. The van der Waals surface area contributed by atoms with Crippen LogP contribution in [0, 0.1) is 0 Å². The summed E-state index contributed by atoms with van der Waals surface area (Å²) in [5.41, 5.74) is 2.18. The van der Waals surface area contributed by atoms with Crippen molar-refractivity contribution in [1.29, 1.82) is 0 Å². The molecule has 3 aromatic rings. The van der Waals surface area contributed by atoms with E-state index in [1.165, 1.54) is 0 Å². The highest BCUT2D eigenvalue weighted by Crippen LogP contribution is 2.29. The number of amides is 2. The van der Waals surface area contributed by atoms with Gasteiger partial charge in [0.05, 0.1) is 34.3 Å². The highest BCUT2D eigenvalue weighted by Gasteiger charge is 2.28. The molecular weight excluding hydrogens is 424 g/mol. The van der Waals surface area contributed by atoms with Crippen molar-refractivity contribution in [2.24, 2.45) is 0 Å². The van der Waals surface area contributed by atoms with Crippen LogP contribution < -0.4 is 5.32 Å². The van der Waals surface area contributed by atoms with E-state index < -0.39 is 0 Å². The summed E-state index contributed by atoms with van der Waals surface area (Å²) in [5, 5.41) is 10.4. The van der Waals surface area contributed by atoms with Gasteiger partial charge in [-0.05, 0) is 44.2 Å². The number of hydrogen-bond acceptors (Lipinski definition) is 6. The van der Waals surface area contributed by atoms with E-state index in [1.54, 1.807) is 17.5 Å². The van der Waals surface area contributed by atoms with Crippen molar-refractivity contribution in [3.8, 4) is 10.6 Å². The van der Waals surface area contributed by atoms with E-state index in [4.69, 9.17) is 4.98 Å². The Kier molecular flexibility index (Phi) is 5.69. The van der Waals surface area contributed by atoms with E-state index in [2.05, 4.69) is 29.2 Å². The fraction of sp³-hybridized carbons (Fsp3) is 0.478. The molecular formula is C23H28N6O2S. The average Bonchev–Trinajstić information content (AvgIpc) is 3.26. The molecule has 1 aliphatic heterocycles. The standard InChI is InChI=1S/C23H28N6O2S/c1-15(2)29-22-18(13-24-29)17(12-19(26-22)20-4-3-11-32-20)23(31)28-9-7-27(8-10-28)14-21(30)25-16-5-6-16/h3-4,11-13,15-16H,5-10,14H2,1-2H3,(H,25,30). The SMILES string of the molecule is CC(C)n1ncc2c(C(=O)N3CCN(CC(=O)NC4CC4)CC3)cc(-c3cccs3)nc21. The Balaban J connectivity index is 1.36. The van der Waals surface area contributed by atoms with Gasteiger partial charge < -0.3 is 10.2 Å². The van der Waals surface area contributed by atoms with Gasteiger partial charge >= 0.3 is 0 Å². The third-order valence-corrected chi connectivity index (χ3v) is 6.92. The van der Waals surface area contributed by atoms with Crippen LogP contribution in [-0.4, -0.2) is 75.1 Å². The number of thiophene rings is 1. The van der Waals surface area contributed by atoms with Crippen molar-refractivity contribution in [3.63, 3.8) is 0 Å². The smallest absolute Gasteiger partial charge is 0.254 e. The monoisotopic (exact) mass is 452 g/mol. The minimum atomic E-state index is 0.000550. The molecule has 0 spiro atoms. The zero-order valence-electron chi connectivity index (χ0n) is 18.5. The minimum Gasteiger partial charge on any atom is -0.352 e. The summed E-state index contributed by atoms with van der Waals surface area (Å²) in [6.07, 6.45) is 3.94. The van der Waals surface area contributed by atoms with Gasteiger partial charge in [0.2, 0.25) is 5.91 Å². The molecule has 3 aromatic heterocycles. The molecule has 1 saturated heterocycles. The average molecular weight is 453 g/mol. The predicted octanol–water partition coefficient (Wildman–Crippen LogP) is 2.78. The number of nitrogens with one attached hydrogen (secondary N) is 1. The second kappa shape index (κ2) is 8.63. The molecule has 8 nitrogen and oxygen atoms in total. The number of hydrogen-bond donors (Lipinski definition) is 1. The quantitative estimate of drug-likeness (QED) is 0.622. The van der Waals surface area contributed by atoms with Crippen LogP contribution >= 0.6 is 11.3 Å². The van der Waals surface area contributed by atoms with Crippen LogP contribution in [0.4, 0.5) is 0 Å². The van der Waals surface area contributed by atoms with E-state index >= 15 is 0 Å².